The molecule has 0 unspecified atom stereocenters. The van der Waals surface area contributed by atoms with Gasteiger partial charge in [0.05, 0.1) is 27.9 Å². The maximum absolute atomic E-state index is 12.2. The van der Waals surface area contributed by atoms with E-state index in [1.807, 2.05) is 6.92 Å². The van der Waals surface area contributed by atoms with Gasteiger partial charge < -0.3 is 15.8 Å². The van der Waals surface area contributed by atoms with Gasteiger partial charge in [0.1, 0.15) is 5.75 Å². The summed E-state index contributed by atoms with van der Waals surface area (Å²) >= 11 is 5.93. The molecule has 7 nitrogen and oxygen atoms in total. The maximum atomic E-state index is 12.2. The molecule has 0 aliphatic rings. The van der Waals surface area contributed by atoms with Gasteiger partial charge in [-0.2, -0.15) is 8.42 Å². The van der Waals surface area contributed by atoms with Crippen LogP contribution in [0.4, 0.5) is 11.4 Å². The smallest absolute Gasteiger partial charge is 0.294 e. The highest BCUT2D eigenvalue weighted by Gasteiger charge is 2.14. The monoisotopic (exact) mass is 370 g/mol. The molecule has 2 aromatic carbocycles. The molecule has 0 radical (unpaired) electrons. The van der Waals surface area contributed by atoms with E-state index in [1.165, 1.54) is 18.2 Å². The predicted molar refractivity (Wildman–Crippen MR) is 91.2 cm³/mol. The van der Waals surface area contributed by atoms with Crippen LogP contribution in [0.3, 0.4) is 0 Å². The quantitative estimate of drug-likeness (QED) is 0.550. The average molecular weight is 371 g/mol. The van der Waals surface area contributed by atoms with Gasteiger partial charge in [0.25, 0.3) is 16.0 Å². The van der Waals surface area contributed by atoms with Crippen molar-refractivity contribution < 1.29 is 22.5 Å². The molecule has 0 heterocycles. The summed E-state index contributed by atoms with van der Waals surface area (Å²) in [6.45, 7) is 2.27. The largest absolute Gasteiger partial charge is 0.492 e. The molecule has 128 valence electrons. The lowest BCUT2D eigenvalue weighted by Gasteiger charge is -2.10. The van der Waals surface area contributed by atoms with E-state index < -0.39 is 16.0 Å². The van der Waals surface area contributed by atoms with Gasteiger partial charge in [0.2, 0.25) is 0 Å². The highest BCUT2D eigenvalue weighted by molar-refractivity contribution is 7.85. The minimum atomic E-state index is -4.37. The number of hydrogen-bond donors (Lipinski definition) is 3. The van der Waals surface area contributed by atoms with E-state index in [1.54, 1.807) is 6.07 Å². The van der Waals surface area contributed by atoms with Crippen LogP contribution in [0.2, 0.25) is 5.02 Å². The number of nitrogen functional groups attached to an aromatic ring is 1. The molecule has 0 aliphatic carbocycles. The zero-order chi connectivity index (χ0) is 17.9. The molecule has 24 heavy (non-hydrogen) atoms. The van der Waals surface area contributed by atoms with Crippen LogP contribution in [0.5, 0.6) is 5.75 Å². The number of carbonyl (C=O) groups excluding carboxylic acids is 1. The van der Waals surface area contributed by atoms with Crippen LogP contribution in [-0.4, -0.2) is 25.5 Å². The molecular weight excluding hydrogens is 356 g/mol. The molecule has 9 heteroatoms. The molecule has 0 saturated heterocycles. The van der Waals surface area contributed by atoms with Crippen LogP contribution in [0.15, 0.2) is 41.3 Å². The first-order chi connectivity index (χ1) is 11.2. The van der Waals surface area contributed by atoms with Gasteiger partial charge in [0, 0.05) is 5.56 Å². The van der Waals surface area contributed by atoms with Gasteiger partial charge in [-0.3, -0.25) is 9.35 Å². The third-order valence-corrected chi connectivity index (χ3v) is 4.22. The molecule has 0 aliphatic heterocycles. The van der Waals surface area contributed by atoms with Crippen molar-refractivity contribution >= 4 is 39.0 Å². The van der Waals surface area contributed by atoms with E-state index in [2.05, 4.69) is 5.32 Å². The number of rotatable bonds is 5. The van der Waals surface area contributed by atoms with Crippen molar-refractivity contribution in [2.24, 2.45) is 0 Å². The van der Waals surface area contributed by atoms with Gasteiger partial charge in [-0.15, -0.1) is 0 Å². The summed E-state index contributed by atoms with van der Waals surface area (Å²) in [5, 5.41) is 2.51. The van der Waals surface area contributed by atoms with E-state index in [-0.39, 0.29) is 21.2 Å². The first kappa shape index (κ1) is 18.1. The number of halogens is 1. The van der Waals surface area contributed by atoms with Gasteiger partial charge in [-0.05, 0) is 43.3 Å². The summed E-state index contributed by atoms with van der Waals surface area (Å²) in [6.07, 6.45) is 0. The van der Waals surface area contributed by atoms with E-state index in [0.717, 1.165) is 12.1 Å². The zero-order valence-corrected chi connectivity index (χ0v) is 14.2. The van der Waals surface area contributed by atoms with Gasteiger partial charge in [-0.1, -0.05) is 11.6 Å². The Kier molecular flexibility index (Phi) is 5.33. The van der Waals surface area contributed by atoms with Crippen LogP contribution < -0.4 is 15.8 Å². The highest BCUT2D eigenvalue weighted by atomic mass is 35.5. The Morgan fingerprint density at radius 1 is 1.29 bits per heavy atom. The van der Waals surface area contributed by atoms with E-state index in [0.29, 0.717) is 18.0 Å². The summed E-state index contributed by atoms with van der Waals surface area (Å²) in [4.78, 5) is 11.9. The highest BCUT2D eigenvalue weighted by Crippen LogP contribution is 2.27. The van der Waals surface area contributed by atoms with Crippen molar-refractivity contribution in [3.63, 3.8) is 0 Å². The predicted octanol–water partition coefficient (Wildman–Crippen LogP) is 2.82. The summed E-state index contributed by atoms with van der Waals surface area (Å²) < 4.78 is 36.4. The Bertz CT molecular complexity index is 883. The zero-order valence-electron chi connectivity index (χ0n) is 12.6. The third-order valence-electron chi connectivity index (χ3n) is 3.06. The number of amides is 1. The lowest BCUT2D eigenvalue weighted by molar-refractivity contribution is 0.102. The molecule has 1 amide bonds. The van der Waals surface area contributed by atoms with Crippen molar-refractivity contribution in [1.82, 2.24) is 0 Å². The fourth-order valence-corrected chi connectivity index (χ4v) is 2.73. The topological polar surface area (TPSA) is 119 Å². The second kappa shape index (κ2) is 7.08. The maximum Gasteiger partial charge on any atom is 0.294 e. The summed E-state index contributed by atoms with van der Waals surface area (Å²) in [5.41, 5.74) is 6.61. The third kappa shape index (κ3) is 4.16. The normalized spacial score (nSPS) is 11.1. The van der Waals surface area contributed by atoms with Gasteiger partial charge >= 0.3 is 0 Å². The number of nitrogens with one attached hydrogen (secondary N) is 1. The van der Waals surface area contributed by atoms with Crippen molar-refractivity contribution in [2.45, 2.75) is 11.8 Å². The average Bonchev–Trinajstić information content (AvgIpc) is 2.50. The number of hydrogen-bond acceptors (Lipinski definition) is 5. The lowest BCUT2D eigenvalue weighted by atomic mass is 10.1. The van der Waals surface area contributed by atoms with Crippen LogP contribution in [-0.2, 0) is 10.1 Å². The van der Waals surface area contributed by atoms with E-state index in [9.17, 15) is 13.2 Å². The molecule has 0 bridgehead atoms. The second-order valence-corrected chi connectivity index (χ2v) is 6.59. The molecule has 0 aromatic heterocycles. The standard InChI is InChI=1S/C15H15ClN2O5S/c1-2-23-14-6-3-9(7-12(14)17)15(19)18-13-5-4-10(8-11(13)16)24(20,21)22/h3-8H,2,17H2,1H3,(H,18,19)(H,20,21,22). The number of anilines is 2. The lowest BCUT2D eigenvalue weighted by Crippen LogP contribution is -2.13. The van der Waals surface area contributed by atoms with E-state index >= 15 is 0 Å². The Balaban J connectivity index is 2.22. The van der Waals surface area contributed by atoms with E-state index in [4.69, 9.17) is 26.6 Å². The van der Waals surface area contributed by atoms with Gasteiger partial charge in [0.15, 0.2) is 0 Å². The van der Waals surface area contributed by atoms with Crippen LogP contribution in [0.25, 0.3) is 0 Å². The minimum absolute atomic E-state index is 0.0302. The van der Waals surface area contributed by atoms with Crippen molar-refractivity contribution in [2.75, 3.05) is 17.7 Å². The summed E-state index contributed by atoms with van der Waals surface area (Å²) in [6, 6.07) is 8.03. The summed E-state index contributed by atoms with van der Waals surface area (Å²) in [7, 11) is -4.37. The second-order valence-electron chi connectivity index (χ2n) is 4.76. The van der Waals surface area contributed by atoms with Crippen molar-refractivity contribution in [3.8, 4) is 5.75 Å². The van der Waals surface area contributed by atoms with Crippen LogP contribution in [0.1, 0.15) is 17.3 Å². The minimum Gasteiger partial charge on any atom is -0.492 e. The van der Waals surface area contributed by atoms with Crippen LogP contribution >= 0.6 is 11.6 Å². The molecule has 0 atom stereocenters. The first-order valence-corrected chi connectivity index (χ1v) is 8.65. The van der Waals surface area contributed by atoms with Crippen molar-refractivity contribution in [1.29, 1.82) is 0 Å². The molecule has 4 N–H and O–H groups in total. The Morgan fingerprint density at radius 2 is 2.00 bits per heavy atom. The molecular formula is C15H15ClN2O5S. The Morgan fingerprint density at radius 3 is 2.54 bits per heavy atom. The number of benzene rings is 2. The number of nitrogens with two attached hydrogens (primary N) is 1. The molecule has 0 spiro atoms. The Hall–Kier alpha value is -2.29. The van der Waals surface area contributed by atoms with Crippen LogP contribution in [0, 0.1) is 0 Å². The number of carbonyl (C=O) groups is 1. The molecule has 2 aromatic rings. The fourth-order valence-electron chi connectivity index (χ4n) is 1.93. The number of ether oxygens (including phenoxy) is 1. The molecule has 2 rings (SSSR count). The molecule has 0 saturated carbocycles. The fraction of sp³-hybridized carbons (Fsp3) is 0.133. The molecule has 0 fully saturated rings. The first-order valence-electron chi connectivity index (χ1n) is 6.83. The SMILES string of the molecule is CCOc1ccc(C(=O)Nc2ccc(S(=O)(=O)O)cc2Cl)cc1N. The Labute approximate surface area is 144 Å². The van der Waals surface area contributed by atoms with Gasteiger partial charge in [-0.25, -0.2) is 0 Å². The summed E-state index contributed by atoms with van der Waals surface area (Å²) in [5.74, 6) is -0.00385. The van der Waals surface area contributed by atoms with Crippen molar-refractivity contribution in [3.05, 3.63) is 47.0 Å².